The first-order chi connectivity index (χ1) is 11.1. The Hall–Kier alpha value is -2.61. The first-order valence-corrected chi connectivity index (χ1v) is 8.05. The maximum atomic E-state index is 2.40. The van der Waals surface area contributed by atoms with Crippen molar-refractivity contribution in [2.75, 3.05) is 0 Å². The molecule has 2 aromatic heterocycles. The van der Waals surface area contributed by atoms with E-state index in [4.69, 9.17) is 0 Å². The third-order valence-corrected chi connectivity index (χ3v) is 5.04. The van der Waals surface area contributed by atoms with E-state index in [1.54, 1.807) is 0 Å². The third kappa shape index (κ3) is 1.91. The summed E-state index contributed by atoms with van der Waals surface area (Å²) in [6, 6.07) is 19.7. The number of aryl methyl sites for hydroxylation is 3. The van der Waals surface area contributed by atoms with Gasteiger partial charge in [-0.15, -0.1) is 0 Å². The highest BCUT2D eigenvalue weighted by Crippen LogP contribution is 2.31. The van der Waals surface area contributed by atoms with E-state index in [-0.39, 0.29) is 0 Å². The highest BCUT2D eigenvalue weighted by Gasteiger charge is 2.23. The number of aromatic nitrogens is 2. The minimum atomic E-state index is 1.25. The lowest BCUT2D eigenvalue weighted by atomic mass is 10.1. The Morgan fingerprint density at radius 2 is 1.57 bits per heavy atom. The number of para-hydroxylation sites is 1. The van der Waals surface area contributed by atoms with Gasteiger partial charge in [0.05, 0.1) is 12.4 Å². The fraction of sp³-hybridized carbons (Fsp3) is 0.190. The Bertz CT molecular complexity index is 1050. The molecular weight excluding hydrogens is 280 g/mol. The molecule has 0 saturated carbocycles. The molecule has 0 fully saturated rings. The van der Waals surface area contributed by atoms with Gasteiger partial charge in [-0.05, 0) is 62.2 Å². The molecule has 0 spiro atoms. The van der Waals surface area contributed by atoms with Crippen molar-refractivity contribution in [3.8, 4) is 5.69 Å². The van der Waals surface area contributed by atoms with Crippen molar-refractivity contribution in [1.29, 1.82) is 0 Å². The number of rotatable bonds is 1. The lowest BCUT2D eigenvalue weighted by molar-refractivity contribution is -0.653. The molecule has 2 heteroatoms. The van der Waals surface area contributed by atoms with Gasteiger partial charge in [0.25, 0.3) is 5.65 Å². The molecule has 0 aliphatic carbocycles. The summed E-state index contributed by atoms with van der Waals surface area (Å²) in [5.41, 5.74) is 7.68. The van der Waals surface area contributed by atoms with E-state index < -0.39 is 0 Å². The summed E-state index contributed by atoms with van der Waals surface area (Å²) < 4.78 is 4.69. The molecule has 114 valence electrons. The van der Waals surface area contributed by atoms with Gasteiger partial charge in [-0.1, -0.05) is 24.3 Å². The van der Waals surface area contributed by atoms with E-state index >= 15 is 0 Å². The molecule has 0 radical (unpaired) electrons. The minimum absolute atomic E-state index is 1.25. The van der Waals surface area contributed by atoms with E-state index in [9.17, 15) is 0 Å². The molecular formula is C21H21N2+. The van der Waals surface area contributed by atoms with E-state index in [0.717, 1.165) is 0 Å². The van der Waals surface area contributed by atoms with Crippen molar-refractivity contribution in [2.45, 2.75) is 20.8 Å². The average Bonchev–Trinajstić information content (AvgIpc) is 2.89. The number of nitrogens with zero attached hydrogens (tertiary/aromatic N) is 2. The van der Waals surface area contributed by atoms with Gasteiger partial charge in [-0.2, -0.15) is 4.57 Å². The van der Waals surface area contributed by atoms with E-state index in [1.165, 1.54) is 44.4 Å². The van der Waals surface area contributed by atoms with Crippen molar-refractivity contribution < 1.29 is 4.57 Å². The molecule has 2 aromatic carbocycles. The summed E-state index contributed by atoms with van der Waals surface area (Å²) in [7, 11) is 2.15. The van der Waals surface area contributed by atoms with Gasteiger partial charge in [0, 0.05) is 5.39 Å². The largest absolute Gasteiger partial charge is 0.295 e. The number of hydrogen-bond acceptors (Lipinski definition) is 0. The molecule has 0 aliphatic heterocycles. The highest BCUT2D eigenvalue weighted by atomic mass is 15.1. The first kappa shape index (κ1) is 14.0. The van der Waals surface area contributed by atoms with E-state index in [2.05, 4.69) is 91.6 Å². The number of fused-ring (bicyclic) bond motifs is 3. The fourth-order valence-electron chi connectivity index (χ4n) is 3.45. The van der Waals surface area contributed by atoms with Crippen LogP contribution in [0.3, 0.4) is 0 Å². The predicted molar refractivity (Wildman–Crippen MR) is 96.2 cm³/mol. The topological polar surface area (TPSA) is 8.81 Å². The van der Waals surface area contributed by atoms with Crippen LogP contribution in [0.5, 0.6) is 0 Å². The van der Waals surface area contributed by atoms with Crippen LogP contribution in [0.15, 0.2) is 54.6 Å². The Morgan fingerprint density at radius 3 is 2.39 bits per heavy atom. The van der Waals surface area contributed by atoms with Crippen molar-refractivity contribution in [1.82, 2.24) is 4.57 Å². The molecule has 4 aromatic rings. The summed E-state index contributed by atoms with van der Waals surface area (Å²) in [6.45, 7) is 6.55. The van der Waals surface area contributed by atoms with Crippen LogP contribution >= 0.6 is 0 Å². The van der Waals surface area contributed by atoms with Gasteiger partial charge in [0.1, 0.15) is 16.9 Å². The second kappa shape index (κ2) is 4.95. The molecule has 0 aliphatic rings. The van der Waals surface area contributed by atoms with Crippen molar-refractivity contribution in [2.24, 2.45) is 7.05 Å². The summed E-state index contributed by atoms with van der Waals surface area (Å²) in [5, 5.41) is 2.61. The molecule has 0 saturated heterocycles. The zero-order valence-corrected chi connectivity index (χ0v) is 14.1. The SMILES string of the molecule is Cc1cccc(-n2c3ccccc3c3ccc(C)[n+](C)c32)c1C. The van der Waals surface area contributed by atoms with Crippen molar-refractivity contribution in [3.63, 3.8) is 0 Å². The van der Waals surface area contributed by atoms with Crippen LogP contribution in [-0.2, 0) is 7.05 Å². The van der Waals surface area contributed by atoms with Crippen LogP contribution in [0.4, 0.5) is 0 Å². The van der Waals surface area contributed by atoms with Crippen molar-refractivity contribution >= 4 is 21.9 Å². The zero-order chi connectivity index (χ0) is 16.1. The van der Waals surface area contributed by atoms with Gasteiger partial charge >= 0.3 is 0 Å². The molecule has 4 rings (SSSR count). The normalized spacial score (nSPS) is 11.5. The van der Waals surface area contributed by atoms with Crippen LogP contribution in [0.1, 0.15) is 16.8 Å². The Kier molecular flexibility index (Phi) is 3.02. The number of benzene rings is 2. The summed E-state index contributed by atoms with van der Waals surface area (Å²) in [5.74, 6) is 0. The smallest absolute Gasteiger partial charge is 0.233 e. The third-order valence-electron chi connectivity index (χ3n) is 5.04. The summed E-state index contributed by atoms with van der Waals surface area (Å²) >= 11 is 0. The van der Waals surface area contributed by atoms with Crippen LogP contribution in [0, 0.1) is 20.8 Å². The van der Waals surface area contributed by atoms with Crippen LogP contribution in [0.25, 0.3) is 27.6 Å². The zero-order valence-electron chi connectivity index (χ0n) is 14.1. The fourth-order valence-corrected chi connectivity index (χ4v) is 3.45. The Labute approximate surface area is 136 Å². The lowest BCUT2D eigenvalue weighted by Gasteiger charge is -2.08. The van der Waals surface area contributed by atoms with Gasteiger partial charge in [-0.25, -0.2) is 4.57 Å². The second-order valence-corrected chi connectivity index (χ2v) is 6.34. The first-order valence-electron chi connectivity index (χ1n) is 8.05. The molecule has 2 heterocycles. The van der Waals surface area contributed by atoms with E-state index in [0.29, 0.717) is 0 Å². The molecule has 23 heavy (non-hydrogen) atoms. The maximum Gasteiger partial charge on any atom is 0.295 e. The lowest BCUT2D eigenvalue weighted by Crippen LogP contribution is -2.34. The molecule has 0 atom stereocenters. The van der Waals surface area contributed by atoms with Crippen molar-refractivity contribution in [3.05, 3.63) is 71.4 Å². The van der Waals surface area contributed by atoms with Gasteiger partial charge in [0.2, 0.25) is 0 Å². The molecule has 0 bridgehead atoms. The maximum absolute atomic E-state index is 2.40. The highest BCUT2D eigenvalue weighted by molar-refractivity contribution is 6.06. The monoisotopic (exact) mass is 301 g/mol. The predicted octanol–water partition coefficient (Wildman–Crippen LogP) is 4.53. The molecule has 0 amide bonds. The van der Waals surface area contributed by atoms with Crippen LogP contribution in [0.2, 0.25) is 0 Å². The molecule has 0 unspecified atom stereocenters. The van der Waals surface area contributed by atoms with Crippen LogP contribution < -0.4 is 4.57 Å². The average molecular weight is 301 g/mol. The molecule has 2 nitrogen and oxygen atoms in total. The Balaban J connectivity index is 2.28. The van der Waals surface area contributed by atoms with Gasteiger partial charge in [-0.3, -0.25) is 0 Å². The van der Waals surface area contributed by atoms with Gasteiger partial charge < -0.3 is 0 Å². The minimum Gasteiger partial charge on any atom is -0.233 e. The van der Waals surface area contributed by atoms with E-state index in [1.807, 2.05) is 0 Å². The number of pyridine rings is 1. The standard InChI is InChI=1S/C21H21N2/c1-14-8-7-11-19(16(14)3)23-20-10-6-5-9-17(20)18-13-12-15(2)22(4)21(18)23/h5-13H,1-4H3/q+1. The number of hydrogen-bond donors (Lipinski definition) is 0. The Morgan fingerprint density at radius 1 is 0.783 bits per heavy atom. The van der Waals surface area contributed by atoms with Gasteiger partial charge in [0.15, 0.2) is 0 Å². The quantitative estimate of drug-likeness (QED) is 0.457. The summed E-state index contributed by atoms with van der Waals surface area (Å²) in [4.78, 5) is 0. The molecule has 0 N–H and O–H groups in total. The summed E-state index contributed by atoms with van der Waals surface area (Å²) in [6.07, 6.45) is 0. The second-order valence-electron chi connectivity index (χ2n) is 6.34. The van der Waals surface area contributed by atoms with Crippen LogP contribution in [-0.4, -0.2) is 4.57 Å².